The number of para-hydroxylation sites is 1. The van der Waals surface area contributed by atoms with E-state index in [2.05, 4.69) is 5.32 Å². The summed E-state index contributed by atoms with van der Waals surface area (Å²) >= 11 is 0. The van der Waals surface area contributed by atoms with Gasteiger partial charge < -0.3 is 19.2 Å². The van der Waals surface area contributed by atoms with Gasteiger partial charge in [0, 0.05) is 10.9 Å². The number of nitrogens with one attached hydrogen (secondary N) is 1. The van der Waals surface area contributed by atoms with Gasteiger partial charge >= 0.3 is 5.97 Å². The van der Waals surface area contributed by atoms with Gasteiger partial charge in [0.15, 0.2) is 11.5 Å². The minimum absolute atomic E-state index is 0.0118. The maximum atomic E-state index is 13.4. The van der Waals surface area contributed by atoms with E-state index in [0.717, 1.165) is 0 Å². The summed E-state index contributed by atoms with van der Waals surface area (Å²) in [6.45, 7) is 3.47. The summed E-state index contributed by atoms with van der Waals surface area (Å²) in [4.78, 5) is 38.6. The number of hydrogen-bond acceptors (Lipinski definition) is 6. The summed E-state index contributed by atoms with van der Waals surface area (Å²) in [7, 11) is 1.26. The number of carbonyl (C=O) groups excluding carboxylic acids is 3. The second-order valence-corrected chi connectivity index (χ2v) is 8.80. The number of anilines is 1. The summed E-state index contributed by atoms with van der Waals surface area (Å²) in [6, 6.07) is 15.6. The van der Waals surface area contributed by atoms with Gasteiger partial charge in [-0.2, -0.15) is 0 Å². The predicted octanol–water partition coefficient (Wildman–Crippen LogP) is 5.80. The van der Waals surface area contributed by atoms with E-state index in [1.807, 2.05) is 0 Å². The average Bonchev–Trinajstić information content (AvgIpc) is 3.20. The van der Waals surface area contributed by atoms with E-state index in [9.17, 15) is 18.8 Å². The van der Waals surface area contributed by atoms with Crippen LogP contribution in [0.2, 0.25) is 0 Å². The highest BCUT2D eigenvalue weighted by Gasteiger charge is 2.40. The van der Waals surface area contributed by atoms with Gasteiger partial charge in [0.1, 0.15) is 22.8 Å². The van der Waals surface area contributed by atoms with Crippen LogP contribution in [-0.2, 0) is 10.3 Å². The SMILES string of the molecule is COC(=O)c1ccccc1NC(=O)c1oc2ccc3c(c2c1C)C(=O)C[C@@](C)(c1ccc(F)cc1)O3. The molecule has 1 amide bonds. The van der Waals surface area contributed by atoms with Crippen molar-refractivity contribution in [3.05, 3.63) is 94.5 Å². The van der Waals surface area contributed by atoms with Gasteiger partial charge in [0.25, 0.3) is 5.91 Å². The van der Waals surface area contributed by atoms with Crippen molar-refractivity contribution < 1.29 is 32.7 Å². The van der Waals surface area contributed by atoms with Crippen molar-refractivity contribution in [2.45, 2.75) is 25.9 Å². The second kappa shape index (κ2) is 8.64. The molecule has 1 atom stereocenters. The van der Waals surface area contributed by atoms with Crippen LogP contribution in [-0.4, -0.2) is 24.8 Å². The molecule has 2 heterocycles. The molecular formula is C28H22FNO6. The number of ether oxygens (including phenoxy) is 2. The minimum Gasteiger partial charge on any atom is -0.482 e. The summed E-state index contributed by atoms with van der Waals surface area (Å²) in [5.41, 5.74) is 1.34. The molecule has 0 saturated carbocycles. The number of esters is 1. The normalized spacial score (nSPS) is 16.8. The molecule has 0 aliphatic carbocycles. The van der Waals surface area contributed by atoms with E-state index >= 15 is 0 Å². The predicted molar refractivity (Wildman–Crippen MR) is 130 cm³/mol. The number of ketones is 1. The molecule has 1 N–H and O–H groups in total. The lowest BCUT2D eigenvalue weighted by molar-refractivity contribution is 0.0506. The molecule has 4 aromatic rings. The van der Waals surface area contributed by atoms with Crippen molar-refractivity contribution >= 4 is 34.3 Å². The monoisotopic (exact) mass is 487 g/mol. The Morgan fingerprint density at radius 2 is 1.78 bits per heavy atom. The first-order valence-electron chi connectivity index (χ1n) is 11.2. The second-order valence-electron chi connectivity index (χ2n) is 8.80. The molecule has 0 saturated heterocycles. The number of hydrogen-bond donors (Lipinski definition) is 1. The fraction of sp³-hybridized carbons (Fsp3) is 0.179. The molecule has 5 rings (SSSR count). The summed E-state index contributed by atoms with van der Waals surface area (Å²) in [6.07, 6.45) is 0.0312. The van der Waals surface area contributed by atoms with Crippen molar-refractivity contribution in [3.8, 4) is 5.75 Å². The Morgan fingerprint density at radius 3 is 2.50 bits per heavy atom. The Kier molecular flexibility index (Phi) is 5.59. The smallest absolute Gasteiger partial charge is 0.339 e. The molecule has 0 bridgehead atoms. The van der Waals surface area contributed by atoms with E-state index in [4.69, 9.17) is 13.9 Å². The fourth-order valence-corrected chi connectivity index (χ4v) is 4.60. The van der Waals surface area contributed by atoms with Gasteiger partial charge in [-0.3, -0.25) is 9.59 Å². The Bertz CT molecular complexity index is 1540. The van der Waals surface area contributed by atoms with E-state index in [-0.39, 0.29) is 35.0 Å². The molecule has 0 radical (unpaired) electrons. The molecule has 36 heavy (non-hydrogen) atoms. The Balaban J connectivity index is 1.52. The standard InChI is InChI=1S/C28H22FNO6/c1-15-23-21(35-25(15)26(32)30-19-7-5-4-6-18(19)27(33)34-3)12-13-22-24(23)20(31)14-28(2,36-22)16-8-10-17(29)11-9-16/h4-13H,14H2,1-3H3,(H,30,32)/t28-/m0/s1. The van der Waals surface area contributed by atoms with Crippen molar-refractivity contribution in [1.29, 1.82) is 0 Å². The first-order valence-corrected chi connectivity index (χ1v) is 11.2. The zero-order valence-electron chi connectivity index (χ0n) is 19.8. The Hall–Kier alpha value is -4.46. The number of carbonyl (C=O) groups is 3. The van der Waals surface area contributed by atoms with Gasteiger partial charge in [-0.25, -0.2) is 9.18 Å². The molecule has 3 aromatic carbocycles. The number of amides is 1. The van der Waals surface area contributed by atoms with Crippen LogP contribution in [0.4, 0.5) is 10.1 Å². The number of furan rings is 1. The molecule has 1 aliphatic heterocycles. The number of aryl methyl sites for hydroxylation is 1. The van der Waals surface area contributed by atoms with Crippen LogP contribution in [0.5, 0.6) is 5.75 Å². The first kappa shape index (κ1) is 23.3. The average molecular weight is 487 g/mol. The highest BCUT2D eigenvalue weighted by Crippen LogP contribution is 2.44. The van der Waals surface area contributed by atoms with Crippen molar-refractivity contribution in [1.82, 2.24) is 0 Å². The van der Waals surface area contributed by atoms with E-state index in [0.29, 0.717) is 33.4 Å². The third-order valence-corrected chi connectivity index (χ3v) is 6.41. The minimum atomic E-state index is -0.971. The lowest BCUT2D eigenvalue weighted by atomic mass is 9.84. The molecule has 1 aliphatic rings. The molecule has 0 spiro atoms. The molecular weight excluding hydrogens is 465 g/mol. The van der Waals surface area contributed by atoms with Crippen LogP contribution in [0.3, 0.4) is 0 Å². The first-order chi connectivity index (χ1) is 17.2. The van der Waals surface area contributed by atoms with Crippen molar-refractivity contribution in [2.24, 2.45) is 0 Å². The Labute approximate surface area is 205 Å². The van der Waals surface area contributed by atoms with Crippen LogP contribution >= 0.6 is 0 Å². The third kappa shape index (κ3) is 3.80. The van der Waals surface area contributed by atoms with Crippen LogP contribution in [0.1, 0.15) is 55.7 Å². The lowest BCUT2D eigenvalue weighted by Gasteiger charge is -2.35. The highest BCUT2D eigenvalue weighted by molar-refractivity contribution is 6.15. The molecule has 7 nitrogen and oxygen atoms in total. The van der Waals surface area contributed by atoms with E-state index in [1.54, 1.807) is 56.3 Å². The molecule has 1 aromatic heterocycles. The lowest BCUT2D eigenvalue weighted by Crippen LogP contribution is -2.36. The summed E-state index contributed by atoms with van der Waals surface area (Å²) in [5, 5.41) is 3.18. The van der Waals surface area contributed by atoms with Crippen LogP contribution in [0.25, 0.3) is 11.0 Å². The maximum absolute atomic E-state index is 13.4. The molecule has 182 valence electrons. The van der Waals surface area contributed by atoms with Gasteiger partial charge in [-0.15, -0.1) is 0 Å². The maximum Gasteiger partial charge on any atom is 0.339 e. The number of benzene rings is 3. The van der Waals surface area contributed by atoms with E-state index in [1.165, 1.54) is 25.3 Å². The quantitative estimate of drug-likeness (QED) is 0.366. The fourth-order valence-electron chi connectivity index (χ4n) is 4.60. The van der Waals surface area contributed by atoms with Crippen LogP contribution in [0.15, 0.2) is 65.1 Å². The number of Topliss-reactive ketones (excluding diaryl/α,β-unsaturated/α-hetero) is 1. The third-order valence-electron chi connectivity index (χ3n) is 6.41. The van der Waals surface area contributed by atoms with Gasteiger partial charge in [-0.1, -0.05) is 24.3 Å². The molecule has 0 fully saturated rings. The van der Waals surface area contributed by atoms with Crippen molar-refractivity contribution in [3.63, 3.8) is 0 Å². The largest absolute Gasteiger partial charge is 0.482 e. The number of halogens is 1. The highest BCUT2D eigenvalue weighted by atomic mass is 19.1. The summed E-state index contributed by atoms with van der Waals surface area (Å²) < 4.78 is 30.3. The van der Waals surface area contributed by atoms with Gasteiger partial charge in [-0.05, 0) is 55.8 Å². The number of fused-ring (bicyclic) bond motifs is 3. The van der Waals surface area contributed by atoms with E-state index < -0.39 is 17.5 Å². The summed E-state index contributed by atoms with van der Waals surface area (Å²) in [5.74, 6) is -1.35. The Morgan fingerprint density at radius 1 is 1.06 bits per heavy atom. The zero-order valence-corrected chi connectivity index (χ0v) is 19.8. The number of rotatable bonds is 4. The van der Waals surface area contributed by atoms with Crippen molar-refractivity contribution in [2.75, 3.05) is 12.4 Å². The topological polar surface area (TPSA) is 94.8 Å². The molecule has 0 unspecified atom stereocenters. The van der Waals surface area contributed by atoms with Gasteiger partial charge in [0.2, 0.25) is 0 Å². The molecule has 8 heteroatoms. The number of methoxy groups -OCH3 is 1. The van der Waals surface area contributed by atoms with Crippen LogP contribution in [0, 0.1) is 12.7 Å². The van der Waals surface area contributed by atoms with Crippen LogP contribution < -0.4 is 10.1 Å². The van der Waals surface area contributed by atoms with Gasteiger partial charge in [0.05, 0.1) is 30.3 Å². The zero-order chi connectivity index (χ0) is 25.6.